The lowest BCUT2D eigenvalue weighted by Gasteiger charge is -2.20. The van der Waals surface area contributed by atoms with E-state index in [9.17, 15) is 5.11 Å². The zero-order valence-corrected chi connectivity index (χ0v) is 21.2. The van der Waals surface area contributed by atoms with Crippen molar-refractivity contribution in [2.45, 2.75) is 52.4 Å². The molecule has 0 bridgehead atoms. The van der Waals surface area contributed by atoms with E-state index in [0.29, 0.717) is 5.75 Å². The number of hydrogen-bond acceptors (Lipinski definition) is 1. The maximum absolute atomic E-state index is 9.94. The SMILES string of the molecule is Cc1cccc(C2=C(c3ccc(O)cc3)c3ccc(-c4ccc(C(C)(C)C)cc4)cc3CCC2)c1. The number of fused-ring (bicyclic) bond motifs is 1. The van der Waals surface area contributed by atoms with E-state index in [0.717, 1.165) is 24.8 Å². The molecule has 0 amide bonds. The fourth-order valence-electron chi connectivity index (χ4n) is 5.21. The molecule has 0 saturated heterocycles. The molecule has 5 rings (SSSR count). The topological polar surface area (TPSA) is 20.2 Å². The molecule has 1 nitrogen and oxygen atoms in total. The van der Waals surface area contributed by atoms with E-state index in [4.69, 9.17) is 0 Å². The molecule has 4 aromatic rings. The third kappa shape index (κ3) is 4.82. The van der Waals surface area contributed by atoms with E-state index in [-0.39, 0.29) is 5.41 Å². The van der Waals surface area contributed by atoms with Crippen LogP contribution in [0.4, 0.5) is 0 Å². The molecule has 0 fully saturated rings. The molecule has 1 heteroatoms. The summed E-state index contributed by atoms with van der Waals surface area (Å²) in [5, 5.41) is 9.94. The molecule has 0 heterocycles. The zero-order valence-electron chi connectivity index (χ0n) is 21.2. The van der Waals surface area contributed by atoms with Gasteiger partial charge in [0.1, 0.15) is 5.75 Å². The molecule has 0 aliphatic heterocycles. The highest BCUT2D eigenvalue weighted by molar-refractivity contribution is 6.00. The van der Waals surface area contributed by atoms with Gasteiger partial charge in [0.05, 0.1) is 0 Å². The average Bonchev–Trinajstić information content (AvgIpc) is 3.03. The lowest BCUT2D eigenvalue weighted by atomic mass is 9.85. The number of rotatable bonds is 3. The predicted octanol–water partition coefficient (Wildman–Crippen LogP) is 8.96. The molecule has 1 aliphatic carbocycles. The molecule has 176 valence electrons. The van der Waals surface area contributed by atoms with Gasteiger partial charge >= 0.3 is 0 Å². The zero-order chi connectivity index (χ0) is 24.6. The largest absolute Gasteiger partial charge is 0.508 e. The van der Waals surface area contributed by atoms with Crippen LogP contribution in [-0.4, -0.2) is 5.11 Å². The summed E-state index contributed by atoms with van der Waals surface area (Å²) in [6.45, 7) is 8.93. The summed E-state index contributed by atoms with van der Waals surface area (Å²) in [6.07, 6.45) is 3.20. The molecule has 4 aromatic carbocycles. The molecule has 0 spiro atoms. The van der Waals surface area contributed by atoms with Crippen molar-refractivity contribution >= 4 is 11.1 Å². The number of benzene rings is 4. The second-order valence-electron chi connectivity index (χ2n) is 10.8. The Morgan fingerprint density at radius 3 is 2.03 bits per heavy atom. The normalized spacial score (nSPS) is 13.9. The van der Waals surface area contributed by atoms with Crippen LogP contribution in [0.1, 0.15) is 67.0 Å². The molecule has 0 unspecified atom stereocenters. The van der Waals surface area contributed by atoms with Crippen LogP contribution in [0.25, 0.3) is 22.3 Å². The standard InChI is InChI=1S/C34H34O/c1-23-7-5-8-27(21-23)31-10-6-9-28-22-26(24-11-16-29(17-12-24)34(2,3)4)15-20-32(28)33(31)25-13-18-30(35)19-14-25/h5,7-8,11-22,35H,6,9-10H2,1-4H3. The van der Waals surface area contributed by atoms with Crippen molar-refractivity contribution < 1.29 is 5.11 Å². The first-order chi connectivity index (χ1) is 16.8. The van der Waals surface area contributed by atoms with Crippen LogP contribution < -0.4 is 0 Å². The molecule has 0 radical (unpaired) electrons. The van der Waals surface area contributed by atoms with Gasteiger partial charge in [-0.2, -0.15) is 0 Å². The summed E-state index contributed by atoms with van der Waals surface area (Å²) in [6, 6.07) is 32.6. The van der Waals surface area contributed by atoms with E-state index in [1.165, 1.54) is 50.1 Å². The third-order valence-corrected chi connectivity index (χ3v) is 7.16. The monoisotopic (exact) mass is 458 g/mol. The van der Waals surface area contributed by atoms with Gasteiger partial charge in [-0.15, -0.1) is 0 Å². The van der Waals surface area contributed by atoms with Crippen LogP contribution in [-0.2, 0) is 11.8 Å². The van der Waals surface area contributed by atoms with Crippen molar-refractivity contribution in [2.75, 3.05) is 0 Å². The predicted molar refractivity (Wildman–Crippen MR) is 149 cm³/mol. The van der Waals surface area contributed by atoms with Crippen molar-refractivity contribution in [3.8, 4) is 16.9 Å². The first-order valence-electron chi connectivity index (χ1n) is 12.6. The number of phenols is 1. The van der Waals surface area contributed by atoms with Gasteiger partial charge in [-0.05, 0) is 93.8 Å². The smallest absolute Gasteiger partial charge is 0.115 e. The van der Waals surface area contributed by atoms with E-state index in [2.05, 4.69) is 107 Å². The summed E-state index contributed by atoms with van der Waals surface area (Å²) in [4.78, 5) is 0. The second-order valence-corrected chi connectivity index (χ2v) is 10.8. The number of allylic oxidation sites excluding steroid dienone is 1. The highest BCUT2D eigenvalue weighted by Crippen LogP contribution is 2.41. The van der Waals surface area contributed by atoms with Crippen LogP contribution in [0, 0.1) is 6.92 Å². The Morgan fingerprint density at radius 1 is 0.657 bits per heavy atom. The fraction of sp³-hybridized carbons (Fsp3) is 0.235. The Hall–Kier alpha value is -3.58. The van der Waals surface area contributed by atoms with Gasteiger partial charge in [-0.1, -0.05) is 105 Å². The van der Waals surface area contributed by atoms with Gasteiger partial charge in [-0.25, -0.2) is 0 Å². The van der Waals surface area contributed by atoms with Gasteiger partial charge in [0.15, 0.2) is 0 Å². The minimum Gasteiger partial charge on any atom is -0.508 e. The summed E-state index contributed by atoms with van der Waals surface area (Å²) in [5.41, 5.74) is 13.2. The summed E-state index contributed by atoms with van der Waals surface area (Å²) in [7, 11) is 0. The average molecular weight is 459 g/mol. The molecular weight excluding hydrogens is 424 g/mol. The molecule has 1 aliphatic rings. The van der Waals surface area contributed by atoms with Gasteiger partial charge < -0.3 is 5.11 Å². The number of phenolic OH excluding ortho intramolecular Hbond substituents is 1. The van der Waals surface area contributed by atoms with Crippen LogP contribution in [0.5, 0.6) is 5.75 Å². The Labute approximate surface area is 209 Å². The van der Waals surface area contributed by atoms with E-state index in [1.807, 2.05) is 0 Å². The quantitative estimate of drug-likeness (QED) is 0.325. The molecule has 1 N–H and O–H groups in total. The van der Waals surface area contributed by atoms with Crippen LogP contribution in [0.2, 0.25) is 0 Å². The van der Waals surface area contributed by atoms with Crippen molar-refractivity contribution in [3.63, 3.8) is 0 Å². The van der Waals surface area contributed by atoms with E-state index in [1.54, 1.807) is 12.1 Å². The van der Waals surface area contributed by atoms with Crippen LogP contribution in [0.3, 0.4) is 0 Å². The van der Waals surface area contributed by atoms with Crippen LogP contribution in [0.15, 0.2) is 91.0 Å². The number of aromatic hydroxyl groups is 1. The van der Waals surface area contributed by atoms with E-state index < -0.39 is 0 Å². The molecule has 0 atom stereocenters. The Bertz CT molecular complexity index is 1380. The minimum absolute atomic E-state index is 0.155. The molecular formula is C34H34O. The molecule has 0 saturated carbocycles. The fourth-order valence-corrected chi connectivity index (χ4v) is 5.21. The van der Waals surface area contributed by atoms with Crippen LogP contribution >= 0.6 is 0 Å². The Balaban J connectivity index is 1.65. The van der Waals surface area contributed by atoms with Gasteiger partial charge in [-0.3, -0.25) is 0 Å². The highest BCUT2D eigenvalue weighted by Gasteiger charge is 2.21. The highest BCUT2D eigenvalue weighted by atomic mass is 16.3. The van der Waals surface area contributed by atoms with E-state index >= 15 is 0 Å². The van der Waals surface area contributed by atoms with Gasteiger partial charge in [0, 0.05) is 0 Å². The Morgan fingerprint density at radius 2 is 1.34 bits per heavy atom. The minimum atomic E-state index is 0.155. The van der Waals surface area contributed by atoms with Crippen molar-refractivity contribution in [3.05, 3.63) is 124 Å². The third-order valence-electron chi connectivity index (χ3n) is 7.16. The maximum Gasteiger partial charge on any atom is 0.115 e. The molecule has 0 aromatic heterocycles. The Kier molecular flexibility index (Phi) is 6.11. The van der Waals surface area contributed by atoms with Crippen molar-refractivity contribution in [1.29, 1.82) is 0 Å². The summed E-state index contributed by atoms with van der Waals surface area (Å²) >= 11 is 0. The number of hydrogen-bond donors (Lipinski definition) is 1. The molecule has 35 heavy (non-hydrogen) atoms. The summed E-state index contributed by atoms with van der Waals surface area (Å²) < 4.78 is 0. The lowest BCUT2D eigenvalue weighted by molar-refractivity contribution is 0.475. The summed E-state index contributed by atoms with van der Waals surface area (Å²) in [5.74, 6) is 0.300. The lowest BCUT2D eigenvalue weighted by Crippen LogP contribution is -2.10. The number of aryl methyl sites for hydroxylation is 2. The van der Waals surface area contributed by atoms with Crippen molar-refractivity contribution in [1.82, 2.24) is 0 Å². The first-order valence-corrected chi connectivity index (χ1v) is 12.6. The van der Waals surface area contributed by atoms with Gasteiger partial charge in [0.25, 0.3) is 0 Å². The van der Waals surface area contributed by atoms with Gasteiger partial charge in [0.2, 0.25) is 0 Å². The maximum atomic E-state index is 9.94. The first kappa shape index (κ1) is 23.2. The second kappa shape index (κ2) is 9.23. The van der Waals surface area contributed by atoms with Crippen molar-refractivity contribution in [2.24, 2.45) is 0 Å².